The Balaban J connectivity index is 1.76. The number of aliphatic hydroxyl groups is 1. The molecule has 0 saturated carbocycles. The first kappa shape index (κ1) is 14.9. The summed E-state index contributed by atoms with van der Waals surface area (Å²) in [6, 6.07) is 6.04. The van der Waals surface area contributed by atoms with E-state index in [0.717, 1.165) is 16.9 Å². The van der Waals surface area contributed by atoms with Gasteiger partial charge in [-0.1, -0.05) is 19.1 Å². The first-order chi connectivity index (χ1) is 9.43. The summed E-state index contributed by atoms with van der Waals surface area (Å²) in [5, 5.41) is 9.88. The van der Waals surface area contributed by atoms with Gasteiger partial charge in [-0.3, -0.25) is 4.79 Å². The molecule has 0 spiro atoms. The summed E-state index contributed by atoms with van der Waals surface area (Å²) in [4.78, 5) is 13.6. The van der Waals surface area contributed by atoms with E-state index >= 15 is 0 Å². The lowest BCUT2D eigenvalue weighted by Crippen LogP contribution is -2.63. The van der Waals surface area contributed by atoms with Crippen molar-refractivity contribution in [3.05, 3.63) is 29.3 Å². The Morgan fingerprint density at radius 3 is 2.75 bits per heavy atom. The van der Waals surface area contributed by atoms with Gasteiger partial charge in [0.05, 0.1) is 31.7 Å². The van der Waals surface area contributed by atoms with E-state index in [2.05, 4.69) is 0 Å². The molecule has 1 N–H and O–H groups in total. The van der Waals surface area contributed by atoms with Gasteiger partial charge >= 0.3 is 0 Å². The summed E-state index contributed by atoms with van der Waals surface area (Å²) in [6.07, 6.45) is 1.04. The average Bonchev–Trinajstić information content (AvgIpc) is 2.39. The minimum absolute atomic E-state index is 0.0495. The maximum absolute atomic E-state index is 11.9. The molecule has 20 heavy (non-hydrogen) atoms. The Morgan fingerprint density at radius 1 is 1.40 bits per heavy atom. The standard InChI is InChI=1S/C16H23NO3/c1-4-16(19)10-17(11-16)15(18)7-8-20-14-9-12(2)5-6-13(14)3/h5-6,9,19H,4,7-8,10-11H2,1-3H3. The number of carbonyl (C=O) groups is 1. The summed E-state index contributed by atoms with van der Waals surface area (Å²) in [5.74, 6) is 0.889. The van der Waals surface area contributed by atoms with E-state index in [9.17, 15) is 9.90 Å². The molecule has 1 aliphatic heterocycles. The van der Waals surface area contributed by atoms with Crippen LogP contribution in [0, 0.1) is 13.8 Å². The molecule has 1 aromatic carbocycles. The molecule has 0 aromatic heterocycles. The summed E-state index contributed by atoms with van der Waals surface area (Å²) in [7, 11) is 0. The van der Waals surface area contributed by atoms with E-state index in [1.165, 1.54) is 0 Å². The number of aryl methyl sites for hydroxylation is 2. The Kier molecular flexibility index (Phi) is 4.33. The van der Waals surface area contributed by atoms with Crippen LogP contribution >= 0.6 is 0 Å². The van der Waals surface area contributed by atoms with Crippen molar-refractivity contribution in [3.8, 4) is 5.75 Å². The minimum atomic E-state index is -0.663. The zero-order valence-electron chi connectivity index (χ0n) is 12.5. The van der Waals surface area contributed by atoms with Crippen molar-refractivity contribution in [2.75, 3.05) is 19.7 Å². The van der Waals surface area contributed by atoms with Crippen LogP contribution in [0.4, 0.5) is 0 Å². The van der Waals surface area contributed by atoms with Crippen molar-refractivity contribution in [1.82, 2.24) is 4.90 Å². The lowest BCUT2D eigenvalue weighted by atomic mass is 9.91. The lowest BCUT2D eigenvalue weighted by Gasteiger charge is -2.46. The fourth-order valence-electron chi connectivity index (χ4n) is 2.33. The van der Waals surface area contributed by atoms with E-state index in [0.29, 0.717) is 32.5 Å². The monoisotopic (exact) mass is 277 g/mol. The SMILES string of the molecule is CCC1(O)CN(C(=O)CCOc2cc(C)ccc2C)C1. The van der Waals surface area contributed by atoms with E-state index in [-0.39, 0.29) is 5.91 Å². The highest BCUT2D eigenvalue weighted by molar-refractivity contribution is 5.77. The van der Waals surface area contributed by atoms with Crippen molar-refractivity contribution in [2.24, 2.45) is 0 Å². The van der Waals surface area contributed by atoms with Crippen molar-refractivity contribution >= 4 is 5.91 Å². The molecule has 0 atom stereocenters. The quantitative estimate of drug-likeness (QED) is 0.896. The Bertz CT molecular complexity index is 492. The number of benzene rings is 1. The smallest absolute Gasteiger partial charge is 0.226 e. The first-order valence-corrected chi connectivity index (χ1v) is 7.14. The highest BCUT2D eigenvalue weighted by atomic mass is 16.5. The molecule has 1 aromatic rings. The Morgan fingerprint density at radius 2 is 2.10 bits per heavy atom. The van der Waals surface area contributed by atoms with Gasteiger partial charge in [0.1, 0.15) is 5.75 Å². The summed E-state index contributed by atoms with van der Waals surface area (Å²) >= 11 is 0. The molecule has 0 radical (unpaired) electrons. The largest absolute Gasteiger partial charge is 0.493 e. The van der Waals surface area contributed by atoms with Crippen molar-refractivity contribution in [2.45, 2.75) is 39.2 Å². The number of hydrogen-bond donors (Lipinski definition) is 1. The highest BCUT2D eigenvalue weighted by Crippen LogP contribution is 2.25. The molecule has 4 heteroatoms. The number of likely N-dealkylation sites (tertiary alicyclic amines) is 1. The zero-order valence-corrected chi connectivity index (χ0v) is 12.5. The number of amides is 1. The van der Waals surface area contributed by atoms with Gasteiger partial charge in [-0.25, -0.2) is 0 Å². The number of ether oxygens (including phenoxy) is 1. The molecule has 0 bridgehead atoms. The van der Waals surface area contributed by atoms with Gasteiger partial charge in [0.15, 0.2) is 0 Å². The molecule has 110 valence electrons. The van der Waals surface area contributed by atoms with Crippen molar-refractivity contribution < 1.29 is 14.6 Å². The van der Waals surface area contributed by atoms with E-state index in [4.69, 9.17) is 4.74 Å². The summed E-state index contributed by atoms with van der Waals surface area (Å²) < 4.78 is 5.68. The van der Waals surface area contributed by atoms with Gasteiger partial charge in [0, 0.05) is 0 Å². The molecule has 1 amide bonds. The second-order valence-corrected chi connectivity index (χ2v) is 5.70. The van der Waals surface area contributed by atoms with Gasteiger partial charge in [-0.05, 0) is 37.5 Å². The average molecular weight is 277 g/mol. The van der Waals surface area contributed by atoms with Gasteiger partial charge in [0.2, 0.25) is 5.91 Å². The van der Waals surface area contributed by atoms with Crippen LogP contribution in [0.2, 0.25) is 0 Å². The van der Waals surface area contributed by atoms with Crippen LogP contribution < -0.4 is 4.74 Å². The minimum Gasteiger partial charge on any atom is -0.493 e. The van der Waals surface area contributed by atoms with Crippen LogP contribution in [-0.2, 0) is 4.79 Å². The van der Waals surface area contributed by atoms with Gasteiger partial charge in [-0.2, -0.15) is 0 Å². The summed E-state index contributed by atoms with van der Waals surface area (Å²) in [5.41, 5.74) is 1.56. The predicted molar refractivity (Wildman–Crippen MR) is 77.8 cm³/mol. The van der Waals surface area contributed by atoms with Crippen LogP contribution in [0.25, 0.3) is 0 Å². The van der Waals surface area contributed by atoms with Crippen molar-refractivity contribution in [3.63, 3.8) is 0 Å². The molecule has 0 unspecified atom stereocenters. The normalized spacial score (nSPS) is 16.7. The topological polar surface area (TPSA) is 49.8 Å². The fraction of sp³-hybridized carbons (Fsp3) is 0.562. The second-order valence-electron chi connectivity index (χ2n) is 5.70. The molecule has 4 nitrogen and oxygen atoms in total. The third-order valence-corrected chi connectivity index (χ3v) is 3.90. The zero-order chi connectivity index (χ0) is 14.8. The fourth-order valence-corrected chi connectivity index (χ4v) is 2.33. The van der Waals surface area contributed by atoms with Crippen LogP contribution in [0.5, 0.6) is 5.75 Å². The van der Waals surface area contributed by atoms with E-state index in [1.54, 1.807) is 4.90 Å². The number of hydrogen-bond acceptors (Lipinski definition) is 3. The van der Waals surface area contributed by atoms with Gasteiger partial charge in [0.25, 0.3) is 0 Å². The lowest BCUT2D eigenvalue weighted by molar-refractivity contribution is -0.156. The third kappa shape index (κ3) is 3.31. The molecular formula is C16H23NO3. The molecule has 1 fully saturated rings. The molecule has 1 aliphatic rings. The molecule has 1 saturated heterocycles. The second kappa shape index (κ2) is 5.83. The maximum atomic E-state index is 11.9. The van der Waals surface area contributed by atoms with E-state index in [1.807, 2.05) is 39.0 Å². The van der Waals surface area contributed by atoms with Gasteiger partial charge in [-0.15, -0.1) is 0 Å². The molecule has 0 aliphatic carbocycles. The number of β-amino-alcohol motifs (C(OH)–C–C–N with tert-alkyl or cyclic N) is 1. The van der Waals surface area contributed by atoms with Crippen LogP contribution in [0.1, 0.15) is 30.9 Å². The van der Waals surface area contributed by atoms with Crippen LogP contribution in [0.15, 0.2) is 18.2 Å². The number of nitrogens with zero attached hydrogens (tertiary/aromatic N) is 1. The van der Waals surface area contributed by atoms with Gasteiger partial charge < -0.3 is 14.7 Å². The number of carbonyl (C=O) groups excluding carboxylic acids is 1. The third-order valence-electron chi connectivity index (χ3n) is 3.90. The highest BCUT2D eigenvalue weighted by Gasteiger charge is 2.41. The predicted octanol–water partition coefficient (Wildman–Crippen LogP) is 2.06. The Hall–Kier alpha value is -1.55. The van der Waals surface area contributed by atoms with Crippen molar-refractivity contribution in [1.29, 1.82) is 0 Å². The Labute approximate surface area is 120 Å². The van der Waals surface area contributed by atoms with E-state index < -0.39 is 5.60 Å². The summed E-state index contributed by atoms with van der Waals surface area (Å²) in [6.45, 7) is 7.23. The molecular weight excluding hydrogens is 254 g/mol. The molecule has 1 heterocycles. The molecule has 2 rings (SSSR count). The number of rotatable bonds is 5. The van der Waals surface area contributed by atoms with Crippen LogP contribution in [-0.4, -0.2) is 41.2 Å². The maximum Gasteiger partial charge on any atom is 0.226 e. The van der Waals surface area contributed by atoms with Crippen LogP contribution in [0.3, 0.4) is 0 Å². The first-order valence-electron chi connectivity index (χ1n) is 7.14.